The van der Waals surface area contributed by atoms with Crippen molar-refractivity contribution in [3.05, 3.63) is 84.1 Å². The molecule has 1 aromatic carbocycles. The minimum atomic E-state index is -0.340. The van der Waals surface area contributed by atoms with Gasteiger partial charge in [-0.1, -0.05) is 12.1 Å². The van der Waals surface area contributed by atoms with Crippen LogP contribution in [0.3, 0.4) is 0 Å². The van der Waals surface area contributed by atoms with Crippen LogP contribution in [0.2, 0.25) is 0 Å². The molecule has 2 heterocycles. The topological polar surface area (TPSA) is 96.6 Å². The Bertz CT molecular complexity index is 934. The Hall–Kier alpha value is -3.74. The molecule has 7 nitrogen and oxygen atoms in total. The fourth-order valence-corrected chi connectivity index (χ4v) is 2.19. The summed E-state index contributed by atoms with van der Waals surface area (Å²) in [5, 5.41) is 6.85. The van der Waals surface area contributed by atoms with Gasteiger partial charge in [0.05, 0.1) is 12.0 Å². The van der Waals surface area contributed by atoms with Gasteiger partial charge in [-0.25, -0.2) is 5.43 Å². The van der Waals surface area contributed by atoms with Gasteiger partial charge in [-0.15, -0.1) is 0 Å². The van der Waals surface area contributed by atoms with E-state index in [-0.39, 0.29) is 17.6 Å². The van der Waals surface area contributed by atoms with Gasteiger partial charge in [0.25, 0.3) is 11.8 Å². The van der Waals surface area contributed by atoms with Gasteiger partial charge < -0.3 is 9.73 Å². The van der Waals surface area contributed by atoms with E-state index in [1.54, 1.807) is 49.4 Å². The standard InChI is InChI=1S/C19H16N4O3/c1-13(22-23-18(24)14-7-9-20-10-8-14)15-4-2-5-16(12-15)21-19(25)17-6-3-11-26-17/h2-12H,1H3,(H,21,25)(H,23,24). The van der Waals surface area contributed by atoms with Crippen LogP contribution in [0.4, 0.5) is 5.69 Å². The Morgan fingerprint density at radius 2 is 1.81 bits per heavy atom. The molecule has 2 N–H and O–H groups in total. The molecule has 0 fully saturated rings. The molecule has 0 aliphatic heterocycles. The first-order chi connectivity index (χ1) is 12.6. The lowest BCUT2D eigenvalue weighted by molar-refractivity contribution is 0.0953. The lowest BCUT2D eigenvalue weighted by atomic mass is 10.1. The fraction of sp³-hybridized carbons (Fsp3) is 0.0526. The number of hydrogen-bond acceptors (Lipinski definition) is 5. The molecular weight excluding hydrogens is 332 g/mol. The third kappa shape index (κ3) is 4.21. The molecule has 0 saturated heterocycles. The third-order valence-electron chi connectivity index (χ3n) is 3.55. The van der Waals surface area contributed by atoms with E-state index in [1.165, 1.54) is 18.7 Å². The normalized spacial score (nSPS) is 11.0. The largest absolute Gasteiger partial charge is 0.459 e. The predicted molar refractivity (Wildman–Crippen MR) is 97.0 cm³/mol. The van der Waals surface area contributed by atoms with Crippen molar-refractivity contribution in [1.82, 2.24) is 10.4 Å². The minimum Gasteiger partial charge on any atom is -0.459 e. The number of anilines is 1. The fourth-order valence-electron chi connectivity index (χ4n) is 2.19. The van der Waals surface area contributed by atoms with E-state index in [9.17, 15) is 9.59 Å². The summed E-state index contributed by atoms with van der Waals surface area (Å²) in [7, 11) is 0. The maximum Gasteiger partial charge on any atom is 0.291 e. The van der Waals surface area contributed by atoms with E-state index < -0.39 is 0 Å². The molecule has 0 atom stereocenters. The minimum absolute atomic E-state index is 0.227. The van der Waals surface area contributed by atoms with Crippen LogP contribution >= 0.6 is 0 Å². The first-order valence-corrected chi connectivity index (χ1v) is 7.83. The SMILES string of the molecule is CC(=NNC(=O)c1ccncc1)c1cccc(NC(=O)c2ccco2)c1. The number of aromatic nitrogens is 1. The predicted octanol–water partition coefficient (Wildman–Crippen LogP) is 3.08. The highest BCUT2D eigenvalue weighted by atomic mass is 16.3. The van der Waals surface area contributed by atoms with Gasteiger partial charge in [-0.05, 0) is 48.9 Å². The molecular formula is C19H16N4O3. The molecule has 26 heavy (non-hydrogen) atoms. The summed E-state index contributed by atoms with van der Waals surface area (Å²) in [5.41, 5.74) is 4.92. The van der Waals surface area contributed by atoms with E-state index in [1.807, 2.05) is 6.07 Å². The van der Waals surface area contributed by atoms with Crippen molar-refractivity contribution in [2.24, 2.45) is 5.10 Å². The van der Waals surface area contributed by atoms with Crippen molar-refractivity contribution in [1.29, 1.82) is 0 Å². The van der Waals surface area contributed by atoms with E-state index in [2.05, 4.69) is 20.8 Å². The molecule has 0 spiro atoms. The third-order valence-corrected chi connectivity index (χ3v) is 3.55. The van der Waals surface area contributed by atoms with Crippen LogP contribution in [0, 0.1) is 0 Å². The molecule has 3 aromatic rings. The number of benzene rings is 1. The number of nitrogens with one attached hydrogen (secondary N) is 2. The quantitative estimate of drug-likeness (QED) is 0.547. The van der Waals surface area contributed by atoms with Crippen molar-refractivity contribution in [3.8, 4) is 0 Å². The summed E-state index contributed by atoms with van der Waals surface area (Å²) in [6.07, 6.45) is 4.51. The number of nitrogens with zero attached hydrogens (tertiary/aromatic N) is 2. The van der Waals surface area contributed by atoms with Crippen LogP contribution in [0.25, 0.3) is 0 Å². The molecule has 2 aromatic heterocycles. The van der Waals surface area contributed by atoms with Crippen LogP contribution in [0.1, 0.15) is 33.4 Å². The van der Waals surface area contributed by atoms with Gasteiger partial charge in [0.15, 0.2) is 5.76 Å². The zero-order valence-electron chi connectivity index (χ0n) is 14.0. The molecule has 0 aliphatic carbocycles. The van der Waals surface area contributed by atoms with Crippen molar-refractivity contribution in [3.63, 3.8) is 0 Å². The Balaban J connectivity index is 1.68. The first kappa shape index (κ1) is 17.1. The zero-order valence-corrected chi connectivity index (χ0v) is 14.0. The van der Waals surface area contributed by atoms with Gasteiger partial charge in [-0.2, -0.15) is 5.10 Å². The maximum atomic E-state index is 12.0. The molecule has 3 rings (SSSR count). The van der Waals surface area contributed by atoms with Gasteiger partial charge in [0, 0.05) is 23.6 Å². The summed E-state index contributed by atoms with van der Waals surface area (Å²) < 4.78 is 5.06. The number of hydrazone groups is 1. The lowest BCUT2D eigenvalue weighted by Gasteiger charge is -2.07. The number of hydrogen-bond donors (Lipinski definition) is 2. The summed E-state index contributed by atoms with van der Waals surface area (Å²) in [6.45, 7) is 1.76. The molecule has 0 saturated carbocycles. The van der Waals surface area contributed by atoms with E-state index in [0.717, 1.165) is 5.56 Å². The number of furan rings is 1. The maximum absolute atomic E-state index is 12.0. The van der Waals surface area contributed by atoms with Gasteiger partial charge in [0.2, 0.25) is 0 Å². The second-order valence-electron chi connectivity index (χ2n) is 5.39. The monoisotopic (exact) mass is 348 g/mol. The summed E-state index contributed by atoms with van der Waals surface area (Å²) in [4.78, 5) is 27.9. The van der Waals surface area contributed by atoms with Gasteiger partial charge in [0.1, 0.15) is 0 Å². The summed E-state index contributed by atoms with van der Waals surface area (Å²) in [6, 6.07) is 13.6. The second kappa shape index (κ2) is 7.89. The van der Waals surface area contributed by atoms with Crippen molar-refractivity contribution in [2.45, 2.75) is 6.92 Å². The number of pyridine rings is 1. The zero-order chi connectivity index (χ0) is 18.4. The molecule has 0 unspecified atom stereocenters. The van der Waals surface area contributed by atoms with Crippen LogP contribution in [-0.2, 0) is 0 Å². The Labute approximate surface area is 149 Å². The van der Waals surface area contributed by atoms with Crippen LogP contribution in [-0.4, -0.2) is 22.5 Å². The number of rotatable bonds is 5. The van der Waals surface area contributed by atoms with E-state index >= 15 is 0 Å². The highest BCUT2D eigenvalue weighted by molar-refractivity contribution is 6.04. The average Bonchev–Trinajstić information content (AvgIpc) is 3.22. The molecule has 0 radical (unpaired) electrons. The molecule has 130 valence electrons. The molecule has 0 aliphatic rings. The summed E-state index contributed by atoms with van der Waals surface area (Å²) in [5.74, 6) is -0.438. The van der Waals surface area contributed by atoms with Crippen LogP contribution in [0.5, 0.6) is 0 Å². The van der Waals surface area contributed by atoms with Crippen molar-refractivity contribution in [2.75, 3.05) is 5.32 Å². The first-order valence-electron chi connectivity index (χ1n) is 7.83. The van der Waals surface area contributed by atoms with E-state index in [4.69, 9.17) is 4.42 Å². The van der Waals surface area contributed by atoms with Crippen molar-refractivity contribution >= 4 is 23.2 Å². The number of carbonyl (C=O) groups excluding carboxylic acids is 2. The van der Waals surface area contributed by atoms with E-state index in [0.29, 0.717) is 17.0 Å². The Kier molecular flexibility index (Phi) is 5.19. The second-order valence-corrected chi connectivity index (χ2v) is 5.39. The Morgan fingerprint density at radius 1 is 1.00 bits per heavy atom. The average molecular weight is 348 g/mol. The highest BCUT2D eigenvalue weighted by Crippen LogP contribution is 2.13. The van der Waals surface area contributed by atoms with Crippen molar-refractivity contribution < 1.29 is 14.0 Å². The van der Waals surface area contributed by atoms with Gasteiger partial charge in [-0.3, -0.25) is 14.6 Å². The number of carbonyl (C=O) groups is 2. The smallest absolute Gasteiger partial charge is 0.291 e. The molecule has 0 bridgehead atoms. The van der Waals surface area contributed by atoms with Crippen LogP contribution < -0.4 is 10.7 Å². The number of amides is 2. The highest BCUT2D eigenvalue weighted by Gasteiger charge is 2.09. The molecule has 2 amide bonds. The lowest BCUT2D eigenvalue weighted by Crippen LogP contribution is -2.19. The molecule has 7 heteroatoms. The summed E-state index contributed by atoms with van der Waals surface area (Å²) >= 11 is 0. The van der Waals surface area contributed by atoms with Gasteiger partial charge >= 0.3 is 0 Å². The Morgan fingerprint density at radius 3 is 2.54 bits per heavy atom. The van der Waals surface area contributed by atoms with Crippen LogP contribution in [0.15, 0.2) is 76.7 Å².